The van der Waals surface area contributed by atoms with Gasteiger partial charge in [0, 0.05) is 0 Å². The molecule has 3 rings (SSSR count). The van der Waals surface area contributed by atoms with E-state index in [1.165, 1.54) is 0 Å². The third kappa shape index (κ3) is 3.07. The van der Waals surface area contributed by atoms with E-state index in [1.807, 2.05) is 60.7 Å². The Hall–Kier alpha value is -3.26. The number of nitriles is 1. The highest BCUT2D eigenvalue weighted by atomic mass is 15.5. The van der Waals surface area contributed by atoms with Gasteiger partial charge in [-0.2, -0.15) is 5.26 Å². The van der Waals surface area contributed by atoms with Crippen LogP contribution in [0.25, 0.3) is 11.6 Å². The smallest absolute Gasteiger partial charge is 0.193 e. The Morgan fingerprint density at radius 3 is 2.41 bits per heavy atom. The molecule has 0 saturated carbocycles. The first kappa shape index (κ1) is 13.7. The van der Waals surface area contributed by atoms with Crippen LogP contribution < -0.4 is 0 Å². The fraction of sp³-hybridized carbons (Fsp3) is 0.0588. The maximum Gasteiger partial charge on any atom is 0.193 e. The highest BCUT2D eigenvalue weighted by Crippen LogP contribution is 2.15. The molecule has 0 aliphatic rings. The van der Waals surface area contributed by atoms with E-state index >= 15 is 0 Å². The van der Waals surface area contributed by atoms with Crippen LogP contribution in [0.4, 0.5) is 0 Å². The van der Waals surface area contributed by atoms with Gasteiger partial charge in [-0.1, -0.05) is 60.7 Å². The van der Waals surface area contributed by atoms with E-state index in [4.69, 9.17) is 0 Å². The van der Waals surface area contributed by atoms with Gasteiger partial charge in [-0.3, -0.25) is 0 Å². The average Bonchev–Trinajstić information content (AvgIpc) is 3.02. The Morgan fingerprint density at radius 1 is 1.05 bits per heavy atom. The van der Waals surface area contributed by atoms with Gasteiger partial charge in [0.05, 0.1) is 12.1 Å². The molecule has 3 aromatic rings. The summed E-state index contributed by atoms with van der Waals surface area (Å²) in [5.41, 5.74) is 2.45. The number of rotatable bonds is 4. The second-order valence-electron chi connectivity index (χ2n) is 4.73. The lowest BCUT2D eigenvalue weighted by molar-refractivity contribution is 0.643. The van der Waals surface area contributed by atoms with Gasteiger partial charge < -0.3 is 0 Å². The SMILES string of the molecule is N#CC(=Cc1ccccc1)c1nnnn1Cc1ccccc1. The molecule has 0 N–H and O–H groups in total. The Bertz CT molecular complexity index is 813. The molecule has 106 valence electrons. The van der Waals surface area contributed by atoms with Gasteiger partial charge in [-0.15, -0.1) is 5.10 Å². The zero-order valence-electron chi connectivity index (χ0n) is 11.8. The van der Waals surface area contributed by atoms with Gasteiger partial charge in [0.15, 0.2) is 5.82 Å². The van der Waals surface area contributed by atoms with E-state index in [-0.39, 0.29) is 0 Å². The van der Waals surface area contributed by atoms with Gasteiger partial charge in [-0.25, -0.2) is 4.68 Å². The maximum absolute atomic E-state index is 9.42. The van der Waals surface area contributed by atoms with Crippen molar-refractivity contribution in [1.29, 1.82) is 5.26 Å². The number of tetrazole rings is 1. The number of aromatic nitrogens is 4. The molecule has 0 bridgehead atoms. The van der Waals surface area contributed by atoms with E-state index in [2.05, 4.69) is 21.6 Å². The molecule has 0 spiro atoms. The van der Waals surface area contributed by atoms with Gasteiger partial charge in [0.25, 0.3) is 0 Å². The first-order valence-corrected chi connectivity index (χ1v) is 6.84. The van der Waals surface area contributed by atoms with Gasteiger partial charge in [0.1, 0.15) is 6.07 Å². The fourth-order valence-corrected chi connectivity index (χ4v) is 2.12. The molecule has 0 aliphatic heterocycles. The van der Waals surface area contributed by atoms with Crippen LogP contribution in [0.1, 0.15) is 17.0 Å². The van der Waals surface area contributed by atoms with Crippen LogP contribution in [0.15, 0.2) is 60.7 Å². The van der Waals surface area contributed by atoms with E-state index in [0.717, 1.165) is 11.1 Å². The fourth-order valence-electron chi connectivity index (χ4n) is 2.12. The first-order valence-electron chi connectivity index (χ1n) is 6.84. The van der Waals surface area contributed by atoms with Crippen molar-refractivity contribution < 1.29 is 0 Å². The van der Waals surface area contributed by atoms with Crippen molar-refractivity contribution in [3.8, 4) is 6.07 Å². The summed E-state index contributed by atoms with van der Waals surface area (Å²) in [6.07, 6.45) is 1.78. The summed E-state index contributed by atoms with van der Waals surface area (Å²) < 4.78 is 1.63. The van der Waals surface area contributed by atoms with Crippen LogP contribution >= 0.6 is 0 Å². The highest BCUT2D eigenvalue weighted by molar-refractivity contribution is 5.86. The monoisotopic (exact) mass is 287 g/mol. The normalized spacial score (nSPS) is 11.1. The van der Waals surface area contributed by atoms with Crippen LogP contribution in [-0.4, -0.2) is 20.2 Å². The summed E-state index contributed by atoms with van der Waals surface area (Å²) in [6, 6.07) is 21.7. The molecule has 0 fully saturated rings. The zero-order chi connectivity index (χ0) is 15.2. The van der Waals surface area contributed by atoms with Crippen molar-refractivity contribution in [2.24, 2.45) is 0 Å². The lowest BCUT2D eigenvalue weighted by Gasteiger charge is -2.04. The molecule has 2 aromatic carbocycles. The van der Waals surface area contributed by atoms with Crippen LogP contribution in [0, 0.1) is 11.3 Å². The summed E-state index contributed by atoms with van der Waals surface area (Å²) >= 11 is 0. The molecule has 0 unspecified atom stereocenters. The molecule has 1 aromatic heterocycles. The summed E-state index contributed by atoms with van der Waals surface area (Å²) in [5, 5.41) is 21.1. The van der Waals surface area contributed by atoms with Crippen molar-refractivity contribution in [1.82, 2.24) is 20.2 Å². The number of nitrogens with zero attached hydrogens (tertiary/aromatic N) is 5. The molecule has 5 heteroatoms. The standard InChI is InChI=1S/C17H13N5/c18-12-16(11-14-7-3-1-4-8-14)17-19-20-21-22(17)13-15-9-5-2-6-10-15/h1-11H,13H2. The second-order valence-corrected chi connectivity index (χ2v) is 4.73. The summed E-state index contributed by atoms with van der Waals surface area (Å²) in [7, 11) is 0. The van der Waals surface area contributed by atoms with Gasteiger partial charge in [0.2, 0.25) is 0 Å². The number of benzene rings is 2. The molecule has 0 atom stereocenters. The van der Waals surface area contributed by atoms with Crippen molar-refractivity contribution in [3.63, 3.8) is 0 Å². The molecule has 22 heavy (non-hydrogen) atoms. The maximum atomic E-state index is 9.42. The molecule has 0 radical (unpaired) electrons. The molecule has 5 nitrogen and oxygen atoms in total. The van der Waals surface area contributed by atoms with E-state index in [9.17, 15) is 5.26 Å². The lowest BCUT2D eigenvalue weighted by atomic mass is 10.1. The highest BCUT2D eigenvalue weighted by Gasteiger charge is 2.12. The first-order chi connectivity index (χ1) is 10.9. The zero-order valence-corrected chi connectivity index (χ0v) is 11.8. The Morgan fingerprint density at radius 2 is 1.73 bits per heavy atom. The molecule has 0 amide bonds. The lowest BCUT2D eigenvalue weighted by Crippen LogP contribution is -2.06. The Kier molecular flexibility index (Phi) is 4.03. The number of hydrogen-bond acceptors (Lipinski definition) is 4. The summed E-state index contributed by atoms with van der Waals surface area (Å²) in [6.45, 7) is 0.525. The van der Waals surface area contributed by atoms with E-state index in [1.54, 1.807) is 10.8 Å². The number of hydrogen-bond donors (Lipinski definition) is 0. The Labute approximate surface area is 128 Å². The average molecular weight is 287 g/mol. The van der Waals surface area contributed by atoms with Crippen LogP contribution in [0.3, 0.4) is 0 Å². The molecule has 0 saturated heterocycles. The number of allylic oxidation sites excluding steroid dienone is 1. The minimum atomic E-state index is 0.437. The molecular weight excluding hydrogens is 274 g/mol. The van der Waals surface area contributed by atoms with Crippen molar-refractivity contribution in [2.45, 2.75) is 6.54 Å². The Balaban J connectivity index is 1.93. The van der Waals surface area contributed by atoms with E-state index in [0.29, 0.717) is 17.9 Å². The topological polar surface area (TPSA) is 67.4 Å². The predicted octanol–water partition coefficient (Wildman–Crippen LogP) is 2.79. The summed E-state index contributed by atoms with van der Waals surface area (Å²) in [5.74, 6) is 0.468. The third-order valence-corrected chi connectivity index (χ3v) is 3.18. The minimum absolute atomic E-state index is 0.437. The van der Waals surface area contributed by atoms with Crippen LogP contribution in [-0.2, 0) is 6.54 Å². The predicted molar refractivity (Wildman–Crippen MR) is 83.3 cm³/mol. The summed E-state index contributed by atoms with van der Waals surface area (Å²) in [4.78, 5) is 0. The van der Waals surface area contributed by atoms with E-state index < -0.39 is 0 Å². The van der Waals surface area contributed by atoms with Gasteiger partial charge >= 0.3 is 0 Å². The second kappa shape index (κ2) is 6.46. The molecule has 0 aliphatic carbocycles. The third-order valence-electron chi connectivity index (χ3n) is 3.18. The molecule has 1 heterocycles. The largest absolute Gasteiger partial charge is 0.220 e. The quantitative estimate of drug-likeness (QED) is 0.692. The van der Waals surface area contributed by atoms with Crippen molar-refractivity contribution >= 4 is 11.6 Å². The van der Waals surface area contributed by atoms with Crippen molar-refractivity contribution in [2.75, 3.05) is 0 Å². The van der Waals surface area contributed by atoms with Gasteiger partial charge in [-0.05, 0) is 27.6 Å². The van der Waals surface area contributed by atoms with Crippen LogP contribution in [0.2, 0.25) is 0 Å². The van der Waals surface area contributed by atoms with Crippen LogP contribution in [0.5, 0.6) is 0 Å². The van der Waals surface area contributed by atoms with Crippen molar-refractivity contribution in [3.05, 3.63) is 77.6 Å². The molecular formula is C17H13N5. The minimum Gasteiger partial charge on any atom is -0.220 e.